The summed E-state index contributed by atoms with van der Waals surface area (Å²) in [5.74, 6) is 1.07. The Bertz CT molecular complexity index is 938. The van der Waals surface area contributed by atoms with Gasteiger partial charge in [-0.05, 0) is 79.6 Å². The number of benzene rings is 1. The maximum absolute atomic E-state index is 6.03. The molecule has 1 fully saturated rings. The van der Waals surface area contributed by atoms with E-state index in [1.165, 1.54) is 40.5 Å². The number of H-pyrrole nitrogens is 1. The molecule has 4 nitrogen and oxygen atoms in total. The molecule has 3 aromatic rings. The molecule has 1 unspecified atom stereocenters. The van der Waals surface area contributed by atoms with Crippen molar-refractivity contribution in [2.75, 3.05) is 13.2 Å². The van der Waals surface area contributed by atoms with Crippen LogP contribution in [0.3, 0.4) is 0 Å². The van der Waals surface area contributed by atoms with Gasteiger partial charge < -0.3 is 15.0 Å². The number of hydrogen-bond acceptors (Lipinski definition) is 3. The van der Waals surface area contributed by atoms with Crippen LogP contribution in [-0.2, 0) is 6.42 Å². The molecule has 4 heteroatoms. The van der Waals surface area contributed by atoms with Crippen LogP contribution in [0.25, 0.3) is 22.2 Å². The van der Waals surface area contributed by atoms with Gasteiger partial charge in [0.2, 0.25) is 0 Å². The Kier molecular flexibility index (Phi) is 3.52. The number of nitrogens with one attached hydrogen (secondary N) is 2. The van der Waals surface area contributed by atoms with Crippen molar-refractivity contribution in [3.05, 3.63) is 47.3 Å². The highest BCUT2D eigenvalue weighted by atomic mass is 16.5. The van der Waals surface area contributed by atoms with Crippen molar-refractivity contribution in [2.24, 2.45) is 0 Å². The predicted molar refractivity (Wildman–Crippen MR) is 100 cm³/mol. The quantitative estimate of drug-likeness (QED) is 0.735. The van der Waals surface area contributed by atoms with E-state index in [1.807, 2.05) is 12.4 Å². The van der Waals surface area contributed by atoms with Crippen molar-refractivity contribution in [2.45, 2.75) is 38.6 Å². The minimum atomic E-state index is 0.459. The van der Waals surface area contributed by atoms with Crippen LogP contribution in [0.2, 0.25) is 0 Å². The first-order valence-electron chi connectivity index (χ1n) is 9.27. The predicted octanol–water partition coefficient (Wildman–Crippen LogP) is 4.29. The van der Waals surface area contributed by atoms with Gasteiger partial charge in [-0.25, -0.2) is 4.98 Å². The van der Waals surface area contributed by atoms with Crippen molar-refractivity contribution in [3.63, 3.8) is 0 Å². The first-order valence-corrected chi connectivity index (χ1v) is 9.27. The van der Waals surface area contributed by atoms with E-state index in [-0.39, 0.29) is 0 Å². The number of pyridine rings is 1. The Morgan fingerprint density at radius 1 is 1.16 bits per heavy atom. The van der Waals surface area contributed by atoms with Crippen LogP contribution >= 0.6 is 0 Å². The standard InChI is InChI=1S/C21H23N3O/c1-13-11-23-21-17(13)9-15(12-24-21)14-8-18(19-5-2-6-22-19)16-4-3-7-25-20(16)10-14/h8-12,19,22H,2-7H2,1H3,(H,23,24). The van der Waals surface area contributed by atoms with Crippen LogP contribution in [0, 0.1) is 6.92 Å². The first kappa shape index (κ1) is 15.0. The van der Waals surface area contributed by atoms with Gasteiger partial charge in [0.1, 0.15) is 11.4 Å². The monoisotopic (exact) mass is 333 g/mol. The van der Waals surface area contributed by atoms with Crippen LogP contribution in [0.4, 0.5) is 0 Å². The molecule has 2 N–H and O–H groups in total. The number of hydrogen-bond donors (Lipinski definition) is 2. The number of ether oxygens (including phenoxy) is 1. The molecular weight excluding hydrogens is 310 g/mol. The second kappa shape index (κ2) is 5.88. The molecule has 128 valence electrons. The lowest BCUT2D eigenvalue weighted by atomic mass is 9.90. The van der Waals surface area contributed by atoms with E-state index < -0.39 is 0 Å². The molecule has 2 aromatic heterocycles. The third-order valence-electron chi connectivity index (χ3n) is 5.58. The lowest BCUT2D eigenvalue weighted by molar-refractivity contribution is 0.287. The fourth-order valence-electron chi connectivity index (χ4n) is 4.21. The zero-order chi connectivity index (χ0) is 16.8. The summed E-state index contributed by atoms with van der Waals surface area (Å²) in [5, 5.41) is 4.85. The summed E-state index contributed by atoms with van der Waals surface area (Å²) >= 11 is 0. The maximum atomic E-state index is 6.03. The Morgan fingerprint density at radius 2 is 2.12 bits per heavy atom. The number of nitrogens with zero attached hydrogens (tertiary/aromatic N) is 1. The van der Waals surface area contributed by atoms with Crippen molar-refractivity contribution in [1.82, 2.24) is 15.3 Å². The smallest absolute Gasteiger partial charge is 0.137 e. The van der Waals surface area contributed by atoms with Gasteiger partial charge in [-0.3, -0.25) is 0 Å². The zero-order valence-electron chi connectivity index (χ0n) is 14.6. The summed E-state index contributed by atoms with van der Waals surface area (Å²) in [6, 6.07) is 7.27. The summed E-state index contributed by atoms with van der Waals surface area (Å²) in [4.78, 5) is 7.83. The van der Waals surface area contributed by atoms with Gasteiger partial charge in [-0.2, -0.15) is 0 Å². The molecule has 0 aliphatic carbocycles. The fraction of sp³-hybridized carbons (Fsp3) is 0.381. The number of aromatic amines is 1. The molecule has 25 heavy (non-hydrogen) atoms. The molecule has 0 spiro atoms. The summed E-state index contributed by atoms with van der Waals surface area (Å²) < 4.78 is 6.03. The average molecular weight is 333 g/mol. The second-order valence-electron chi connectivity index (χ2n) is 7.23. The Morgan fingerprint density at radius 3 is 3.00 bits per heavy atom. The van der Waals surface area contributed by atoms with Crippen LogP contribution in [0.5, 0.6) is 5.75 Å². The van der Waals surface area contributed by atoms with Gasteiger partial charge in [0.25, 0.3) is 0 Å². The molecule has 0 amide bonds. The van der Waals surface area contributed by atoms with Gasteiger partial charge in [0.15, 0.2) is 0 Å². The van der Waals surface area contributed by atoms with Gasteiger partial charge in [0.05, 0.1) is 6.61 Å². The van der Waals surface area contributed by atoms with Crippen molar-refractivity contribution in [1.29, 1.82) is 0 Å². The topological polar surface area (TPSA) is 49.9 Å². The SMILES string of the molecule is Cc1c[nH]c2ncc(-c3cc4c(c(C5CCCN5)c3)CCCO4)cc12. The molecule has 1 saturated heterocycles. The van der Waals surface area contributed by atoms with Gasteiger partial charge >= 0.3 is 0 Å². The molecule has 5 rings (SSSR count). The Labute approximate surface area is 147 Å². The van der Waals surface area contributed by atoms with E-state index in [1.54, 1.807) is 0 Å². The summed E-state index contributed by atoms with van der Waals surface area (Å²) in [5.41, 5.74) is 7.38. The number of fused-ring (bicyclic) bond motifs is 2. The first-order chi connectivity index (χ1) is 12.3. The second-order valence-corrected chi connectivity index (χ2v) is 7.23. The highest BCUT2D eigenvalue weighted by Crippen LogP contribution is 2.39. The highest BCUT2D eigenvalue weighted by molar-refractivity contribution is 5.84. The molecule has 1 aromatic carbocycles. The normalized spacial score (nSPS) is 19.8. The third-order valence-corrected chi connectivity index (χ3v) is 5.58. The van der Waals surface area contributed by atoms with Crippen molar-refractivity contribution >= 4 is 11.0 Å². The number of rotatable bonds is 2. The van der Waals surface area contributed by atoms with Gasteiger partial charge in [-0.1, -0.05) is 0 Å². The van der Waals surface area contributed by atoms with E-state index in [0.29, 0.717) is 6.04 Å². The molecule has 4 heterocycles. The van der Waals surface area contributed by atoms with Crippen LogP contribution in [-0.4, -0.2) is 23.1 Å². The van der Waals surface area contributed by atoms with E-state index >= 15 is 0 Å². The largest absolute Gasteiger partial charge is 0.493 e. The van der Waals surface area contributed by atoms with E-state index in [9.17, 15) is 0 Å². The average Bonchev–Trinajstić information content (AvgIpc) is 3.31. The molecule has 2 aliphatic rings. The third kappa shape index (κ3) is 2.52. The minimum absolute atomic E-state index is 0.459. The van der Waals surface area contributed by atoms with Crippen LogP contribution in [0.1, 0.15) is 42.0 Å². The fourth-order valence-corrected chi connectivity index (χ4v) is 4.21. The van der Waals surface area contributed by atoms with Gasteiger partial charge in [0, 0.05) is 29.4 Å². The number of aromatic nitrogens is 2. The maximum Gasteiger partial charge on any atom is 0.137 e. The Hall–Kier alpha value is -2.33. The van der Waals surface area contributed by atoms with Crippen molar-refractivity contribution < 1.29 is 4.74 Å². The minimum Gasteiger partial charge on any atom is -0.493 e. The van der Waals surface area contributed by atoms with E-state index in [2.05, 4.69) is 40.4 Å². The summed E-state index contributed by atoms with van der Waals surface area (Å²) in [6.07, 6.45) is 8.68. The lowest BCUT2D eigenvalue weighted by Crippen LogP contribution is -2.18. The summed E-state index contributed by atoms with van der Waals surface area (Å²) in [7, 11) is 0. The van der Waals surface area contributed by atoms with Crippen LogP contribution in [0.15, 0.2) is 30.6 Å². The van der Waals surface area contributed by atoms with E-state index in [0.717, 1.165) is 43.0 Å². The summed E-state index contributed by atoms with van der Waals surface area (Å²) in [6.45, 7) is 4.05. The highest BCUT2D eigenvalue weighted by Gasteiger charge is 2.24. The van der Waals surface area contributed by atoms with Crippen LogP contribution < -0.4 is 10.1 Å². The molecule has 0 bridgehead atoms. The Balaban J connectivity index is 1.66. The lowest BCUT2D eigenvalue weighted by Gasteiger charge is -2.24. The molecule has 1 atom stereocenters. The van der Waals surface area contributed by atoms with Crippen molar-refractivity contribution in [3.8, 4) is 16.9 Å². The number of aryl methyl sites for hydroxylation is 1. The molecule has 2 aliphatic heterocycles. The molecular formula is C21H23N3O. The molecule has 0 radical (unpaired) electrons. The van der Waals surface area contributed by atoms with Gasteiger partial charge in [-0.15, -0.1) is 0 Å². The molecule has 0 saturated carbocycles. The van der Waals surface area contributed by atoms with E-state index in [4.69, 9.17) is 4.74 Å². The zero-order valence-corrected chi connectivity index (χ0v) is 14.6.